The Bertz CT molecular complexity index is 120. The summed E-state index contributed by atoms with van der Waals surface area (Å²) in [5.41, 5.74) is 0. The van der Waals surface area contributed by atoms with Crippen LogP contribution in [0.25, 0.3) is 0 Å². The summed E-state index contributed by atoms with van der Waals surface area (Å²) >= 11 is 1.77. The summed E-state index contributed by atoms with van der Waals surface area (Å²) in [6, 6.07) is 0.535. The SMILES string of the molecule is CSC(CO)C(C)N1CCCC1. The first-order valence-electron chi connectivity index (χ1n) is 4.67. The predicted octanol–water partition coefficient (Wildman–Crippen LogP) is 1.19. The second-order valence-corrected chi connectivity index (χ2v) is 4.52. The van der Waals surface area contributed by atoms with Crippen molar-refractivity contribution >= 4 is 11.8 Å². The van der Waals surface area contributed by atoms with Crippen molar-refractivity contribution in [1.29, 1.82) is 0 Å². The third kappa shape index (κ3) is 2.38. The van der Waals surface area contributed by atoms with Gasteiger partial charge in [-0.15, -0.1) is 0 Å². The maximum absolute atomic E-state index is 9.11. The van der Waals surface area contributed by atoms with Crippen molar-refractivity contribution < 1.29 is 5.11 Å². The predicted molar refractivity (Wildman–Crippen MR) is 54.7 cm³/mol. The molecule has 1 saturated heterocycles. The molecule has 0 radical (unpaired) electrons. The number of likely N-dealkylation sites (tertiary alicyclic amines) is 1. The van der Waals surface area contributed by atoms with Gasteiger partial charge < -0.3 is 5.11 Å². The minimum atomic E-state index is 0.304. The summed E-state index contributed by atoms with van der Waals surface area (Å²) in [6.07, 6.45) is 4.74. The molecule has 0 saturated carbocycles. The van der Waals surface area contributed by atoms with Crippen LogP contribution in [0.4, 0.5) is 0 Å². The lowest BCUT2D eigenvalue weighted by Gasteiger charge is -2.29. The molecule has 72 valence electrons. The molecule has 3 heteroatoms. The van der Waals surface area contributed by atoms with Gasteiger partial charge in [-0.2, -0.15) is 11.8 Å². The van der Waals surface area contributed by atoms with E-state index in [4.69, 9.17) is 5.11 Å². The van der Waals surface area contributed by atoms with Crippen molar-refractivity contribution in [2.75, 3.05) is 26.0 Å². The molecular weight excluding hydrogens is 170 g/mol. The number of aliphatic hydroxyl groups is 1. The van der Waals surface area contributed by atoms with Crippen molar-refractivity contribution in [3.05, 3.63) is 0 Å². The molecule has 1 heterocycles. The molecule has 12 heavy (non-hydrogen) atoms. The number of rotatable bonds is 4. The van der Waals surface area contributed by atoms with E-state index in [0.29, 0.717) is 17.9 Å². The van der Waals surface area contributed by atoms with Crippen LogP contribution in [0, 0.1) is 0 Å². The highest BCUT2D eigenvalue weighted by Crippen LogP contribution is 2.19. The molecule has 0 aromatic rings. The van der Waals surface area contributed by atoms with Crippen molar-refractivity contribution in [3.8, 4) is 0 Å². The molecule has 0 spiro atoms. The lowest BCUT2D eigenvalue weighted by molar-refractivity contribution is 0.203. The molecule has 2 atom stereocenters. The van der Waals surface area contributed by atoms with Crippen LogP contribution in [0.2, 0.25) is 0 Å². The fourth-order valence-corrected chi connectivity index (χ4v) is 2.52. The summed E-state index contributed by atoms with van der Waals surface area (Å²) in [7, 11) is 0. The van der Waals surface area contributed by atoms with Crippen LogP contribution in [0.15, 0.2) is 0 Å². The summed E-state index contributed by atoms with van der Waals surface area (Å²) in [5, 5.41) is 9.50. The van der Waals surface area contributed by atoms with E-state index in [2.05, 4.69) is 18.1 Å². The lowest BCUT2D eigenvalue weighted by atomic mass is 10.2. The molecule has 0 amide bonds. The van der Waals surface area contributed by atoms with Crippen molar-refractivity contribution in [1.82, 2.24) is 4.90 Å². The summed E-state index contributed by atoms with van der Waals surface area (Å²) in [4.78, 5) is 2.48. The van der Waals surface area contributed by atoms with Gasteiger partial charge in [-0.1, -0.05) is 0 Å². The van der Waals surface area contributed by atoms with Crippen LogP contribution in [-0.4, -0.2) is 47.3 Å². The highest BCUT2D eigenvalue weighted by Gasteiger charge is 2.24. The fraction of sp³-hybridized carbons (Fsp3) is 1.00. The van der Waals surface area contributed by atoms with Crippen LogP contribution in [-0.2, 0) is 0 Å². The van der Waals surface area contributed by atoms with Gasteiger partial charge in [0.2, 0.25) is 0 Å². The smallest absolute Gasteiger partial charge is 0.0565 e. The highest BCUT2D eigenvalue weighted by molar-refractivity contribution is 7.99. The summed E-state index contributed by atoms with van der Waals surface area (Å²) in [5.74, 6) is 0. The average Bonchev–Trinajstić information content (AvgIpc) is 2.58. The topological polar surface area (TPSA) is 23.5 Å². The van der Waals surface area contributed by atoms with Gasteiger partial charge in [-0.25, -0.2) is 0 Å². The van der Waals surface area contributed by atoms with Crippen LogP contribution in [0.3, 0.4) is 0 Å². The molecule has 2 nitrogen and oxygen atoms in total. The second-order valence-electron chi connectivity index (χ2n) is 3.44. The van der Waals surface area contributed by atoms with Crippen molar-refractivity contribution in [2.24, 2.45) is 0 Å². The molecule has 2 unspecified atom stereocenters. The fourth-order valence-electron chi connectivity index (χ4n) is 1.81. The lowest BCUT2D eigenvalue weighted by Crippen LogP contribution is -2.39. The zero-order valence-corrected chi connectivity index (χ0v) is 8.81. The number of nitrogens with zero attached hydrogens (tertiary/aromatic N) is 1. The molecule has 1 N–H and O–H groups in total. The Morgan fingerprint density at radius 2 is 2.00 bits per heavy atom. The van der Waals surface area contributed by atoms with Crippen LogP contribution < -0.4 is 0 Å². The first kappa shape index (κ1) is 10.4. The normalized spacial score (nSPS) is 24.2. The Morgan fingerprint density at radius 1 is 1.42 bits per heavy atom. The zero-order chi connectivity index (χ0) is 8.97. The summed E-state index contributed by atoms with van der Waals surface area (Å²) in [6.45, 7) is 4.97. The number of aliphatic hydroxyl groups excluding tert-OH is 1. The van der Waals surface area contributed by atoms with Gasteiger partial charge in [-0.05, 0) is 39.1 Å². The third-order valence-electron chi connectivity index (χ3n) is 2.74. The van der Waals surface area contributed by atoms with E-state index in [-0.39, 0.29) is 0 Å². The van der Waals surface area contributed by atoms with E-state index >= 15 is 0 Å². The van der Waals surface area contributed by atoms with Gasteiger partial charge in [0.15, 0.2) is 0 Å². The zero-order valence-electron chi connectivity index (χ0n) is 7.99. The van der Waals surface area contributed by atoms with Gasteiger partial charge in [0.25, 0.3) is 0 Å². The van der Waals surface area contributed by atoms with Crippen molar-refractivity contribution in [2.45, 2.75) is 31.1 Å². The van der Waals surface area contributed by atoms with Gasteiger partial charge >= 0.3 is 0 Å². The first-order valence-corrected chi connectivity index (χ1v) is 5.96. The molecule has 0 aromatic carbocycles. The molecule has 0 aromatic heterocycles. The maximum atomic E-state index is 9.11. The van der Waals surface area contributed by atoms with Crippen LogP contribution in [0.5, 0.6) is 0 Å². The van der Waals surface area contributed by atoms with Crippen LogP contribution >= 0.6 is 11.8 Å². The first-order chi connectivity index (χ1) is 5.79. The molecule has 1 aliphatic heterocycles. The largest absolute Gasteiger partial charge is 0.395 e. The molecule has 0 bridgehead atoms. The standard InChI is InChI=1S/C9H19NOS/c1-8(9(7-11)12-2)10-5-3-4-6-10/h8-9,11H,3-7H2,1-2H3. The van der Waals surface area contributed by atoms with E-state index in [1.54, 1.807) is 11.8 Å². The third-order valence-corrected chi connectivity index (χ3v) is 3.89. The monoisotopic (exact) mass is 189 g/mol. The highest BCUT2D eigenvalue weighted by atomic mass is 32.2. The Kier molecular flexibility index (Phi) is 4.40. The Balaban J connectivity index is 2.37. The van der Waals surface area contributed by atoms with Gasteiger partial charge in [-0.3, -0.25) is 4.90 Å². The summed E-state index contributed by atoms with van der Waals surface area (Å²) < 4.78 is 0. The molecule has 1 fully saturated rings. The van der Waals surface area contributed by atoms with Crippen LogP contribution in [0.1, 0.15) is 19.8 Å². The van der Waals surface area contributed by atoms with E-state index in [1.165, 1.54) is 25.9 Å². The minimum Gasteiger partial charge on any atom is -0.395 e. The number of hydrogen-bond acceptors (Lipinski definition) is 3. The van der Waals surface area contributed by atoms with Gasteiger partial charge in [0, 0.05) is 11.3 Å². The van der Waals surface area contributed by atoms with Crippen molar-refractivity contribution in [3.63, 3.8) is 0 Å². The maximum Gasteiger partial charge on any atom is 0.0565 e. The second kappa shape index (κ2) is 5.10. The average molecular weight is 189 g/mol. The Morgan fingerprint density at radius 3 is 2.42 bits per heavy atom. The quantitative estimate of drug-likeness (QED) is 0.719. The van der Waals surface area contributed by atoms with Gasteiger partial charge in [0.05, 0.1) is 6.61 Å². The van der Waals surface area contributed by atoms with E-state index in [9.17, 15) is 0 Å². The Labute approximate surface area is 79.3 Å². The minimum absolute atomic E-state index is 0.304. The van der Waals surface area contributed by atoms with E-state index < -0.39 is 0 Å². The molecular formula is C9H19NOS. The van der Waals surface area contributed by atoms with E-state index in [0.717, 1.165) is 0 Å². The van der Waals surface area contributed by atoms with Gasteiger partial charge in [0.1, 0.15) is 0 Å². The Hall–Kier alpha value is 0.270. The molecule has 0 aliphatic carbocycles. The number of hydrogen-bond donors (Lipinski definition) is 1. The molecule has 1 aliphatic rings. The molecule has 1 rings (SSSR count). The van der Waals surface area contributed by atoms with E-state index in [1.807, 2.05) is 0 Å². The number of thioether (sulfide) groups is 1.